The number of hydrogen-bond donors (Lipinski definition) is 2. The largest absolute Gasteiger partial charge is 0.462 e. The summed E-state index contributed by atoms with van der Waals surface area (Å²) in [4.78, 5) is 23.5. The van der Waals surface area contributed by atoms with E-state index in [4.69, 9.17) is 21.4 Å². The molecule has 0 aliphatic carbocycles. The molecule has 5 nitrogen and oxygen atoms in total. The van der Waals surface area contributed by atoms with Crippen LogP contribution < -0.4 is 5.32 Å². The minimum Gasteiger partial charge on any atom is -0.462 e. The minimum atomic E-state index is -0.507. The fourth-order valence-corrected chi connectivity index (χ4v) is 2.18. The summed E-state index contributed by atoms with van der Waals surface area (Å²) in [6.07, 6.45) is 0.724. The van der Waals surface area contributed by atoms with Crippen LogP contribution in [0.4, 0.5) is 5.69 Å². The van der Waals surface area contributed by atoms with E-state index in [1.165, 1.54) is 17.8 Å². The van der Waals surface area contributed by atoms with E-state index in [1.807, 2.05) is 6.92 Å². The zero-order valence-corrected chi connectivity index (χ0v) is 13.3. The van der Waals surface area contributed by atoms with Crippen molar-refractivity contribution in [3.8, 4) is 0 Å². The summed E-state index contributed by atoms with van der Waals surface area (Å²) in [7, 11) is 0. The topological polar surface area (TPSA) is 75.6 Å². The zero-order valence-electron chi connectivity index (χ0n) is 11.7. The molecule has 2 N–H and O–H groups in total. The van der Waals surface area contributed by atoms with Crippen molar-refractivity contribution < 1.29 is 19.4 Å². The molecular formula is C14H18ClNO4S. The molecule has 21 heavy (non-hydrogen) atoms. The van der Waals surface area contributed by atoms with Crippen molar-refractivity contribution in [1.82, 2.24) is 0 Å². The lowest BCUT2D eigenvalue weighted by atomic mass is 10.2. The summed E-state index contributed by atoms with van der Waals surface area (Å²) in [6, 6.07) is 4.66. The maximum Gasteiger partial charge on any atom is 0.339 e. The van der Waals surface area contributed by atoms with Gasteiger partial charge in [0.05, 0.1) is 29.6 Å². The summed E-state index contributed by atoms with van der Waals surface area (Å²) < 4.78 is 5.03. The second-order valence-electron chi connectivity index (χ2n) is 4.15. The van der Waals surface area contributed by atoms with Gasteiger partial charge in [0.1, 0.15) is 0 Å². The molecule has 0 radical (unpaired) electrons. The van der Waals surface area contributed by atoms with E-state index in [0.717, 1.165) is 6.42 Å². The van der Waals surface area contributed by atoms with Crippen LogP contribution in [0.1, 0.15) is 23.7 Å². The van der Waals surface area contributed by atoms with Crippen LogP contribution in [0.5, 0.6) is 0 Å². The van der Waals surface area contributed by atoms with Gasteiger partial charge in [-0.3, -0.25) is 4.79 Å². The van der Waals surface area contributed by atoms with Crippen LogP contribution in [0, 0.1) is 0 Å². The molecule has 0 fully saturated rings. The molecule has 116 valence electrons. The number of nitrogens with one attached hydrogen (secondary N) is 1. The van der Waals surface area contributed by atoms with Gasteiger partial charge in [0, 0.05) is 11.4 Å². The van der Waals surface area contributed by atoms with Gasteiger partial charge in [-0.2, -0.15) is 0 Å². The first-order valence-corrected chi connectivity index (χ1v) is 8.06. The lowest BCUT2D eigenvalue weighted by molar-refractivity contribution is -0.113. The van der Waals surface area contributed by atoms with Gasteiger partial charge in [0.15, 0.2) is 0 Å². The first kappa shape index (κ1) is 17.8. The average Bonchev–Trinajstić information content (AvgIpc) is 2.47. The fourth-order valence-electron chi connectivity index (χ4n) is 1.46. The van der Waals surface area contributed by atoms with Crippen molar-refractivity contribution in [2.45, 2.75) is 13.3 Å². The van der Waals surface area contributed by atoms with Crippen LogP contribution in [0.15, 0.2) is 18.2 Å². The Labute approximate surface area is 133 Å². The number of benzene rings is 1. The second kappa shape index (κ2) is 9.65. The van der Waals surface area contributed by atoms with E-state index >= 15 is 0 Å². The summed E-state index contributed by atoms with van der Waals surface area (Å²) >= 11 is 7.29. The summed E-state index contributed by atoms with van der Waals surface area (Å²) in [5.74, 6) is 0.0257. The normalized spacial score (nSPS) is 10.2. The van der Waals surface area contributed by atoms with E-state index in [9.17, 15) is 9.59 Å². The van der Waals surface area contributed by atoms with Crippen LogP contribution in [0.2, 0.25) is 5.02 Å². The van der Waals surface area contributed by atoms with E-state index < -0.39 is 5.97 Å². The molecule has 0 spiro atoms. The van der Waals surface area contributed by atoms with Gasteiger partial charge in [-0.05, 0) is 24.6 Å². The summed E-state index contributed by atoms with van der Waals surface area (Å²) in [5.41, 5.74) is 0.711. The number of anilines is 1. The highest BCUT2D eigenvalue weighted by Crippen LogP contribution is 2.21. The summed E-state index contributed by atoms with van der Waals surface area (Å²) in [6.45, 7) is 2.26. The van der Waals surface area contributed by atoms with E-state index in [-0.39, 0.29) is 28.9 Å². The third kappa shape index (κ3) is 6.37. The molecule has 0 saturated heterocycles. The highest BCUT2D eigenvalue weighted by molar-refractivity contribution is 7.99. The maximum atomic E-state index is 11.8. The van der Waals surface area contributed by atoms with E-state index in [0.29, 0.717) is 18.0 Å². The molecule has 0 heterocycles. The first-order valence-electron chi connectivity index (χ1n) is 6.53. The van der Waals surface area contributed by atoms with Gasteiger partial charge in [0.2, 0.25) is 5.91 Å². The van der Waals surface area contributed by atoms with E-state index in [2.05, 4.69) is 5.32 Å². The molecule has 0 saturated carbocycles. The Kier molecular flexibility index (Phi) is 8.19. The Morgan fingerprint density at radius 3 is 2.86 bits per heavy atom. The SMILES string of the molecule is CCCOC(=O)c1cc(NC(=O)CSCCO)ccc1Cl. The minimum absolute atomic E-state index is 0.0340. The molecule has 1 aromatic carbocycles. The Morgan fingerprint density at radius 2 is 2.19 bits per heavy atom. The van der Waals surface area contributed by atoms with Gasteiger partial charge in [-0.1, -0.05) is 18.5 Å². The third-order valence-electron chi connectivity index (χ3n) is 2.38. The lowest BCUT2D eigenvalue weighted by Gasteiger charge is -2.09. The third-order valence-corrected chi connectivity index (χ3v) is 3.64. The number of thioether (sulfide) groups is 1. The van der Waals surface area contributed by atoms with Crippen LogP contribution in [-0.4, -0.2) is 41.7 Å². The Balaban J connectivity index is 2.68. The molecule has 1 amide bonds. The lowest BCUT2D eigenvalue weighted by Crippen LogP contribution is -2.15. The Bertz CT molecular complexity index is 496. The van der Waals surface area contributed by atoms with Gasteiger partial charge in [-0.15, -0.1) is 11.8 Å². The van der Waals surface area contributed by atoms with Gasteiger partial charge < -0.3 is 15.2 Å². The monoisotopic (exact) mass is 331 g/mol. The standard InChI is InChI=1S/C14H18ClNO4S/c1-2-6-20-14(19)11-8-10(3-4-12(11)15)16-13(18)9-21-7-5-17/h3-4,8,17H,2,5-7,9H2,1H3,(H,16,18). The Morgan fingerprint density at radius 1 is 1.43 bits per heavy atom. The molecule has 1 aromatic rings. The van der Waals surface area contributed by atoms with E-state index in [1.54, 1.807) is 12.1 Å². The van der Waals surface area contributed by atoms with Crippen LogP contribution in [0.25, 0.3) is 0 Å². The smallest absolute Gasteiger partial charge is 0.339 e. The number of carbonyl (C=O) groups excluding carboxylic acids is 2. The van der Waals surface area contributed by atoms with Gasteiger partial charge in [0.25, 0.3) is 0 Å². The molecule has 0 bridgehead atoms. The number of amides is 1. The number of aliphatic hydroxyl groups excluding tert-OH is 1. The Hall–Kier alpha value is -1.24. The second-order valence-corrected chi connectivity index (χ2v) is 5.67. The van der Waals surface area contributed by atoms with Crippen LogP contribution in [-0.2, 0) is 9.53 Å². The predicted octanol–water partition coefficient (Wildman–Crippen LogP) is 2.57. The highest BCUT2D eigenvalue weighted by Gasteiger charge is 2.13. The number of rotatable bonds is 8. The number of hydrogen-bond acceptors (Lipinski definition) is 5. The molecule has 0 unspecified atom stereocenters. The molecule has 1 rings (SSSR count). The fraction of sp³-hybridized carbons (Fsp3) is 0.429. The first-order chi connectivity index (χ1) is 10.1. The predicted molar refractivity (Wildman–Crippen MR) is 85.1 cm³/mol. The van der Waals surface area contributed by atoms with Crippen molar-refractivity contribution in [1.29, 1.82) is 0 Å². The van der Waals surface area contributed by atoms with Crippen LogP contribution >= 0.6 is 23.4 Å². The quantitative estimate of drug-likeness (QED) is 0.565. The number of aliphatic hydroxyl groups is 1. The molecule has 0 atom stereocenters. The van der Waals surface area contributed by atoms with Gasteiger partial charge in [-0.25, -0.2) is 4.79 Å². The summed E-state index contributed by atoms with van der Waals surface area (Å²) in [5, 5.41) is 11.6. The maximum absolute atomic E-state index is 11.8. The highest BCUT2D eigenvalue weighted by atomic mass is 35.5. The molecular weight excluding hydrogens is 314 g/mol. The van der Waals surface area contributed by atoms with Crippen molar-refractivity contribution >= 4 is 40.9 Å². The molecule has 0 aliphatic heterocycles. The number of esters is 1. The molecule has 7 heteroatoms. The van der Waals surface area contributed by atoms with Crippen molar-refractivity contribution in [3.63, 3.8) is 0 Å². The zero-order chi connectivity index (χ0) is 15.7. The van der Waals surface area contributed by atoms with Crippen molar-refractivity contribution in [2.24, 2.45) is 0 Å². The van der Waals surface area contributed by atoms with Gasteiger partial charge >= 0.3 is 5.97 Å². The number of ether oxygens (including phenoxy) is 1. The van der Waals surface area contributed by atoms with Crippen molar-refractivity contribution in [3.05, 3.63) is 28.8 Å². The molecule has 0 aliphatic rings. The number of halogens is 1. The van der Waals surface area contributed by atoms with Crippen LogP contribution in [0.3, 0.4) is 0 Å². The average molecular weight is 332 g/mol. The van der Waals surface area contributed by atoms with Crippen molar-refractivity contribution in [2.75, 3.05) is 30.0 Å². The number of carbonyl (C=O) groups is 2. The molecule has 0 aromatic heterocycles.